The first kappa shape index (κ1) is 36.9. The third-order valence-corrected chi connectivity index (χ3v) is 8.27. The zero-order valence-electron chi connectivity index (χ0n) is 28.0. The molecule has 49 heavy (non-hydrogen) atoms. The molecule has 0 saturated carbocycles. The standard InChI is InChI=1S/C20H21NO3.C10H11ClO.C10H11NO2/c1-15-7-9-16(10-8-15)11-12-19(22)21-18(14-24-20(21)23)13-17-5-3-2-4-6-17;1-8-2-4-9(5-3-8)6-7-10(11)12;12-10-11-9(7-13-10)6-8-4-2-1-3-5-8/h2-10,18H,11-14H2,1H3;2-5H,6-7H2,1H3;1-5,9H,6-7H2,(H,11,12)/t18-;;9-/m1.1/s1. The van der Waals surface area contributed by atoms with Crippen molar-refractivity contribution in [1.29, 1.82) is 0 Å². The van der Waals surface area contributed by atoms with Gasteiger partial charge in [0.25, 0.3) is 0 Å². The molecule has 2 heterocycles. The molecule has 256 valence electrons. The van der Waals surface area contributed by atoms with Crippen molar-refractivity contribution in [3.05, 3.63) is 143 Å². The number of cyclic esters (lactones) is 2. The third-order valence-electron chi connectivity index (χ3n) is 8.09. The van der Waals surface area contributed by atoms with Gasteiger partial charge < -0.3 is 14.8 Å². The zero-order valence-corrected chi connectivity index (χ0v) is 28.7. The molecule has 8 nitrogen and oxygen atoms in total. The van der Waals surface area contributed by atoms with E-state index in [1.807, 2.05) is 123 Å². The average Bonchev–Trinajstić information content (AvgIpc) is 3.69. The quantitative estimate of drug-likeness (QED) is 0.173. The lowest BCUT2D eigenvalue weighted by Crippen LogP contribution is -2.40. The minimum absolute atomic E-state index is 0.134. The summed E-state index contributed by atoms with van der Waals surface area (Å²) in [5.41, 5.74) is 7.00. The largest absolute Gasteiger partial charge is 0.447 e. The minimum Gasteiger partial charge on any atom is -0.447 e. The van der Waals surface area contributed by atoms with Crippen molar-refractivity contribution >= 4 is 34.9 Å². The van der Waals surface area contributed by atoms with Crippen LogP contribution in [-0.2, 0) is 44.7 Å². The Morgan fingerprint density at radius 1 is 0.673 bits per heavy atom. The number of nitrogens with zero attached hydrogens (tertiary/aromatic N) is 1. The Kier molecular flexibility index (Phi) is 14.4. The van der Waals surface area contributed by atoms with E-state index >= 15 is 0 Å². The fourth-order valence-corrected chi connectivity index (χ4v) is 5.46. The molecule has 1 N–H and O–H groups in total. The number of amides is 3. The highest BCUT2D eigenvalue weighted by Crippen LogP contribution is 2.19. The van der Waals surface area contributed by atoms with Gasteiger partial charge in [0.05, 0.1) is 12.1 Å². The van der Waals surface area contributed by atoms with E-state index in [9.17, 15) is 19.2 Å². The Bertz CT molecular complexity index is 1650. The van der Waals surface area contributed by atoms with E-state index in [-0.39, 0.29) is 35.9 Å². The number of benzene rings is 4. The molecule has 0 radical (unpaired) electrons. The molecule has 2 saturated heterocycles. The number of carbonyl (C=O) groups excluding carboxylic acids is 4. The second-order valence-corrected chi connectivity index (χ2v) is 12.6. The number of alkyl carbamates (subject to hydrolysis) is 1. The molecule has 0 unspecified atom stereocenters. The monoisotopic (exact) mass is 682 g/mol. The maximum atomic E-state index is 12.5. The second kappa shape index (κ2) is 19.1. The van der Waals surface area contributed by atoms with Gasteiger partial charge in [-0.3, -0.25) is 9.59 Å². The predicted octanol–water partition coefficient (Wildman–Crippen LogP) is 7.55. The van der Waals surface area contributed by atoms with Crippen molar-refractivity contribution in [2.75, 3.05) is 13.2 Å². The number of aryl methyl sites for hydroxylation is 4. The number of hydrogen-bond donors (Lipinski definition) is 1. The summed E-state index contributed by atoms with van der Waals surface area (Å²) in [6, 6.07) is 36.0. The van der Waals surface area contributed by atoms with Gasteiger partial charge in [-0.25, -0.2) is 14.5 Å². The Balaban J connectivity index is 0.000000182. The first-order valence-corrected chi connectivity index (χ1v) is 16.8. The van der Waals surface area contributed by atoms with E-state index in [2.05, 4.69) is 5.32 Å². The van der Waals surface area contributed by atoms with Crippen LogP contribution in [0.15, 0.2) is 109 Å². The number of nitrogens with one attached hydrogen (secondary N) is 1. The van der Waals surface area contributed by atoms with Crippen LogP contribution in [0.2, 0.25) is 0 Å². The van der Waals surface area contributed by atoms with Crippen LogP contribution < -0.4 is 5.32 Å². The van der Waals surface area contributed by atoms with Gasteiger partial charge in [-0.05, 0) is 73.4 Å². The summed E-state index contributed by atoms with van der Waals surface area (Å²) in [5, 5.41) is 2.47. The Morgan fingerprint density at radius 2 is 1.18 bits per heavy atom. The van der Waals surface area contributed by atoms with Gasteiger partial charge in [0, 0.05) is 12.8 Å². The Hall–Kier alpha value is -4.95. The molecule has 9 heteroatoms. The van der Waals surface area contributed by atoms with E-state index in [0.717, 1.165) is 29.5 Å². The van der Waals surface area contributed by atoms with Crippen molar-refractivity contribution in [1.82, 2.24) is 10.2 Å². The molecule has 0 aliphatic carbocycles. The summed E-state index contributed by atoms with van der Waals surface area (Å²) < 4.78 is 9.89. The van der Waals surface area contributed by atoms with Crippen LogP contribution in [-0.4, -0.2) is 53.5 Å². The van der Waals surface area contributed by atoms with Crippen LogP contribution in [0.5, 0.6) is 0 Å². The summed E-state index contributed by atoms with van der Waals surface area (Å²) in [7, 11) is 0. The lowest BCUT2D eigenvalue weighted by atomic mass is 10.0. The van der Waals surface area contributed by atoms with Crippen LogP contribution >= 0.6 is 11.6 Å². The van der Waals surface area contributed by atoms with Crippen LogP contribution in [0, 0.1) is 13.8 Å². The van der Waals surface area contributed by atoms with Crippen LogP contribution in [0.1, 0.15) is 46.2 Å². The number of rotatable bonds is 10. The molecular weight excluding hydrogens is 640 g/mol. The molecule has 0 spiro atoms. The maximum Gasteiger partial charge on any atom is 0.416 e. The van der Waals surface area contributed by atoms with E-state index in [1.165, 1.54) is 21.6 Å². The zero-order chi connectivity index (χ0) is 35.0. The van der Waals surface area contributed by atoms with E-state index in [4.69, 9.17) is 21.1 Å². The normalized spacial score (nSPS) is 16.3. The van der Waals surface area contributed by atoms with Crippen molar-refractivity contribution in [2.45, 2.75) is 64.5 Å². The molecule has 2 aliphatic heterocycles. The van der Waals surface area contributed by atoms with Crippen LogP contribution in [0.4, 0.5) is 9.59 Å². The van der Waals surface area contributed by atoms with Gasteiger partial charge in [-0.1, -0.05) is 120 Å². The molecule has 4 aromatic carbocycles. The number of carbonyl (C=O) groups is 4. The molecule has 2 fully saturated rings. The highest BCUT2D eigenvalue weighted by molar-refractivity contribution is 6.63. The highest BCUT2D eigenvalue weighted by atomic mass is 35.5. The summed E-state index contributed by atoms with van der Waals surface area (Å²) in [4.78, 5) is 46.9. The first-order chi connectivity index (χ1) is 23.7. The second-order valence-electron chi connectivity index (χ2n) is 12.1. The van der Waals surface area contributed by atoms with Gasteiger partial charge in [0.2, 0.25) is 11.1 Å². The lowest BCUT2D eigenvalue weighted by molar-refractivity contribution is -0.129. The van der Waals surface area contributed by atoms with Crippen molar-refractivity contribution < 1.29 is 28.7 Å². The Morgan fingerprint density at radius 3 is 1.67 bits per heavy atom. The fourth-order valence-electron chi connectivity index (χ4n) is 5.36. The fraction of sp³-hybridized carbons (Fsp3) is 0.300. The van der Waals surface area contributed by atoms with Crippen LogP contribution in [0.25, 0.3) is 0 Å². The third kappa shape index (κ3) is 12.9. The average molecular weight is 683 g/mol. The first-order valence-electron chi connectivity index (χ1n) is 16.5. The van der Waals surface area contributed by atoms with E-state index < -0.39 is 6.09 Å². The van der Waals surface area contributed by atoms with Crippen molar-refractivity contribution in [3.63, 3.8) is 0 Å². The summed E-state index contributed by atoms with van der Waals surface area (Å²) in [6.07, 6.45) is 2.73. The van der Waals surface area contributed by atoms with Gasteiger partial charge in [-0.2, -0.15) is 0 Å². The van der Waals surface area contributed by atoms with Crippen molar-refractivity contribution in [2.24, 2.45) is 0 Å². The summed E-state index contributed by atoms with van der Waals surface area (Å²) in [5.74, 6) is -0.168. The lowest BCUT2D eigenvalue weighted by Gasteiger charge is -2.19. The number of halogens is 1. The van der Waals surface area contributed by atoms with Gasteiger partial charge in [0.15, 0.2) is 0 Å². The molecule has 2 atom stereocenters. The van der Waals surface area contributed by atoms with Crippen molar-refractivity contribution in [3.8, 4) is 0 Å². The molecule has 0 bridgehead atoms. The van der Waals surface area contributed by atoms with E-state index in [1.54, 1.807) is 0 Å². The van der Waals surface area contributed by atoms with Gasteiger partial charge >= 0.3 is 12.2 Å². The molecule has 2 aliphatic rings. The summed E-state index contributed by atoms with van der Waals surface area (Å²) in [6.45, 7) is 4.82. The summed E-state index contributed by atoms with van der Waals surface area (Å²) >= 11 is 5.22. The number of imide groups is 1. The molecule has 4 aromatic rings. The maximum absolute atomic E-state index is 12.5. The van der Waals surface area contributed by atoms with E-state index in [0.29, 0.717) is 32.3 Å². The molecule has 0 aromatic heterocycles. The number of ether oxygens (including phenoxy) is 2. The number of hydrogen-bond acceptors (Lipinski definition) is 6. The van der Waals surface area contributed by atoms with Gasteiger partial charge in [-0.15, -0.1) is 0 Å². The van der Waals surface area contributed by atoms with Gasteiger partial charge in [0.1, 0.15) is 13.2 Å². The molecule has 3 amide bonds. The van der Waals surface area contributed by atoms with Crippen LogP contribution in [0.3, 0.4) is 0 Å². The molecular formula is C40H43ClN2O6. The highest BCUT2D eigenvalue weighted by Gasteiger charge is 2.37. The smallest absolute Gasteiger partial charge is 0.416 e. The minimum atomic E-state index is -0.523. The SMILES string of the molecule is Cc1ccc(CCC(=O)Cl)cc1.Cc1ccc(CCC(=O)N2C(=O)OC[C@H]2Cc2ccccc2)cc1.O=C1N[C@H](Cc2ccccc2)CO1. The topological polar surface area (TPSA) is 102 Å². The Labute approximate surface area is 293 Å². The molecule has 6 rings (SSSR count). The predicted molar refractivity (Wildman–Crippen MR) is 190 cm³/mol.